The SMILES string of the molecule is CNC(CCc1ccco1)CCS(C)(=O)=O. The third-order valence-electron chi connectivity index (χ3n) is 2.56. The zero-order valence-electron chi connectivity index (χ0n) is 9.77. The van der Waals surface area contributed by atoms with Gasteiger partial charge in [0, 0.05) is 18.7 Å². The summed E-state index contributed by atoms with van der Waals surface area (Å²) in [6.45, 7) is 0. The van der Waals surface area contributed by atoms with Crippen LogP contribution in [0.4, 0.5) is 0 Å². The fourth-order valence-corrected chi connectivity index (χ4v) is 2.27. The van der Waals surface area contributed by atoms with E-state index in [0.717, 1.165) is 18.6 Å². The van der Waals surface area contributed by atoms with Crippen molar-refractivity contribution < 1.29 is 12.8 Å². The zero-order valence-corrected chi connectivity index (χ0v) is 10.6. The van der Waals surface area contributed by atoms with Gasteiger partial charge in [0.2, 0.25) is 0 Å². The number of sulfone groups is 1. The first-order chi connectivity index (χ1) is 7.51. The molecule has 0 bridgehead atoms. The molecule has 1 atom stereocenters. The van der Waals surface area contributed by atoms with E-state index in [1.807, 2.05) is 19.2 Å². The molecule has 0 saturated carbocycles. The molecule has 0 spiro atoms. The average Bonchev–Trinajstić information content (AvgIpc) is 2.69. The first-order valence-corrected chi connectivity index (χ1v) is 7.44. The Morgan fingerprint density at radius 1 is 1.44 bits per heavy atom. The number of hydrogen-bond acceptors (Lipinski definition) is 4. The molecule has 4 nitrogen and oxygen atoms in total. The lowest BCUT2D eigenvalue weighted by Crippen LogP contribution is -2.28. The van der Waals surface area contributed by atoms with Gasteiger partial charge in [-0.05, 0) is 32.0 Å². The number of nitrogens with one attached hydrogen (secondary N) is 1. The molecule has 0 amide bonds. The van der Waals surface area contributed by atoms with Gasteiger partial charge < -0.3 is 9.73 Å². The lowest BCUT2D eigenvalue weighted by molar-refractivity contribution is 0.455. The third kappa shape index (κ3) is 5.32. The predicted octanol–water partition coefficient (Wildman–Crippen LogP) is 1.23. The van der Waals surface area contributed by atoms with Crippen LogP contribution in [0, 0.1) is 0 Å². The summed E-state index contributed by atoms with van der Waals surface area (Å²) in [4.78, 5) is 0. The van der Waals surface area contributed by atoms with E-state index in [9.17, 15) is 8.42 Å². The van der Waals surface area contributed by atoms with Crippen molar-refractivity contribution in [2.75, 3.05) is 19.1 Å². The van der Waals surface area contributed by atoms with E-state index >= 15 is 0 Å². The first kappa shape index (κ1) is 13.3. The molecule has 0 aliphatic rings. The van der Waals surface area contributed by atoms with Crippen molar-refractivity contribution in [3.63, 3.8) is 0 Å². The van der Waals surface area contributed by atoms with Crippen LogP contribution in [0.25, 0.3) is 0 Å². The van der Waals surface area contributed by atoms with Gasteiger partial charge in [-0.15, -0.1) is 0 Å². The van der Waals surface area contributed by atoms with Crippen LogP contribution in [0.5, 0.6) is 0 Å². The van der Waals surface area contributed by atoms with Crippen molar-refractivity contribution >= 4 is 9.84 Å². The van der Waals surface area contributed by atoms with Crippen LogP contribution >= 0.6 is 0 Å². The van der Waals surface area contributed by atoms with Crippen molar-refractivity contribution in [1.82, 2.24) is 5.32 Å². The molecule has 1 heterocycles. The second-order valence-corrected chi connectivity index (χ2v) is 6.28. The van der Waals surface area contributed by atoms with Gasteiger partial charge in [-0.1, -0.05) is 0 Å². The third-order valence-corrected chi connectivity index (χ3v) is 3.54. The van der Waals surface area contributed by atoms with Gasteiger partial charge >= 0.3 is 0 Å². The van der Waals surface area contributed by atoms with Crippen molar-refractivity contribution in [3.05, 3.63) is 24.2 Å². The summed E-state index contributed by atoms with van der Waals surface area (Å²) in [5.41, 5.74) is 0. The van der Waals surface area contributed by atoms with E-state index in [0.29, 0.717) is 6.42 Å². The fourth-order valence-electron chi connectivity index (χ4n) is 1.56. The lowest BCUT2D eigenvalue weighted by atomic mass is 10.1. The monoisotopic (exact) mass is 245 g/mol. The summed E-state index contributed by atoms with van der Waals surface area (Å²) >= 11 is 0. The summed E-state index contributed by atoms with van der Waals surface area (Å²) in [5.74, 6) is 1.18. The number of hydrogen-bond donors (Lipinski definition) is 1. The highest BCUT2D eigenvalue weighted by molar-refractivity contribution is 7.90. The normalized spacial score (nSPS) is 13.9. The van der Waals surface area contributed by atoms with Crippen LogP contribution in [-0.2, 0) is 16.3 Å². The Hall–Kier alpha value is -0.810. The molecular weight excluding hydrogens is 226 g/mol. The maximum absolute atomic E-state index is 11.0. The van der Waals surface area contributed by atoms with E-state index in [4.69, 9.17) is 4.42 Å². The molecule has 1 aromatic rings. The Bertz CT molecular complexity index is 383. The summed E-state index contributed by atoms with van der Waals surface area (Å²) < 4.78 is 27.3. The van der Waals surface area contributed by atoms with Crippen LogP contribution in [0.15, 0.2) is 22.8 Å². The Labute approximate surface area is 97.0 Å². The summed E-state index contributed by atoms with van der Waals surface area (Å²) in [7, 11) is -1.01. The van der Waals surface area contributed by atoms with E-state index in [1.165, 1.54) is 6.26 Å². The van der Waals surface area contributed by atoms with Crippen LogP contribution in [0.2, 0.25) is 0 Å². The van der Waals surface area contributed by atoms with Gasteiger partial charge in [-0.25, -0.2) is 8.42 Å². The summed E-state index contributed by atoms with van der Waals surface area (Å²) in [5, 5.41) is 3.13. The standard InChI is InChI=1S/C11H19NO3S/c1-12-10(7-9-16(2,13)14)5-6-11-4-3-8-15-11/h3-4,8,10,12H,5-7,9H2,1-2H3. The molecule has 5 heteroatoms. The Morgan fingerprint density at radius 2 is 2.19 bits per heavy atom. The van der Waals surface area contributed by atoms with Crippen LogP contribution < -0.4 is 5.32 Å². The molecule has 1 rings (SSSR count). The van der Waals surface area contributed by atoms with Crippen LogP contribution in [0.3, 0.4) is 0 Å². The zero-order chi connectivity index (χ0) is 12.0. The highest BCUT2D eigenvalue weighted by Crippen LogP contribution is 2.08. The van der Waals surface area contributed by atoms with Gasteiger partial charge in [0.1, 0.15) is 15.6 Å². The minimum atomic E-state index is -2.86. The van der Waals surface area contributed by atoms with Crippen molar-refractivity contribution in [3.8, 4) is 0 Å². The van der Waals surface area contributed by atoms with E-state index in [2.05, 4.69) is 5.32 Å². The van der Waals surface area contributed by atoms with Gasteiger partial charge in [-0.2, -0.15) is 0 Å². The van der Waals surface area contributed by atoms with Crippen LogP contribution in [0.1, 0.15) is 18.6 Å². The molecule has 0 aliphatic carbocycles. The summed E-state index contributed by atoms with van der Waals surface area (Å²) in [6, 6.07) is 4.02. The van der Waals surface area contributed by atoms with Gasteiger partial charge in [0.05, 0.1) is 12.0 Å². The van der Waals surface area contributed by atoms with Crippen molar-refractivity contribution in [2.24, 2.45) is 0 Å². The Kier molecular flexibility index (Phi) is 5.02. The minimum absolute atomic E-state index is 0.222. The quantitative estimate of drug-likeness (QED) is 0.785. The fraction of sp³-hybridized carbons (Fsp3) is 0.636. The lowest BCUT2D eigenvalue weighted by Gasteiger charge is -2.14. The highest BCUT2D eigenvalue weighted by Gasteiger charge is 2.11. The predicted molar refractivity (Wildman–Crippen MR) is 64.2 cm³/mol. The highest BCUT2D eigenvalue weighted by atomic mass is 32.2. The topological polar surface area (TPSA) is 59.3 Å². The molecular formula is C11H19NO3S. The van der Waals surface area contributed by atoms with Gasteiger partial charge in [0.25, 0.3) is 0 Å². The van der Waals surface area contributed by atoms with E-state index < -0.39 is 9.84 Å². The molecule has 0 saturated heterocycles. The molecule has 0 aliphatic heterocycles. The van der Waals surface area contributed by atoms with Crippen LogP contribution in [-0.4, -0.2) is 33.5 Å². The smallest absolute Gasteiger partial charge is 0.147 e. The van der Waals surface area contributed by atoms with E-state index in [1.54, 1.807) is 6.26 Å². The molecule has 1 unspecified atom stereocenters. The second-order valence-electron chi connectivity index (χ2n) is 4.02. The maximum Gasteiger partial charge on any atom is 0.147 e. The minimum Gasteiger partial charge on any atom is -0.469 e. The second kappa shape index (κ2) is 6.06. The largest absolute Gasteiger partial charge is 0.469 e. The molecule has 0 radical (unpaired) electrons. The number of rotatable bonds is 7. The molecule has 1 aromatic heterocycles. The van der Waals surface area contributed by atoms with Gasteiger partial charge in [-0.3, -0.25) is 0 Å². The summed E-state index contributed by atoms with van der Waals surface area (Å²) in [6.07, 6.45) is 5.30. The molecule has 0 fully saturated rings. The molecule has 92 valence electrons. The number of furan rings is 1. The Morgan fingerprint density at radius 3 is 2.69 bits per heavy atom. The maximum atomic E-state index is 11.0. The van der Waals surface area contributed by atoms with Crippen molar-refractivity contribution in [2.45, 2.75) is 25.3 Å². The molecule has 16 heavy (non-hydrogen) atoms. The molecule has 1 N–H and O–H groups in total. The molecule has 0 aromatic carbocycles. The average molecular weight is 245 g/mol. The van der Waals surface area contributed by atoms with Gasteiger partial charge in [0.15, 0.2) is 0 Å². The number of aryl methyl sites for hydroxylation is 1. The van der Waals surface area contributed by atoms with Crippen molar-refractivity contribution in [1.29, 1.82) is 0 Å². The first-order valence-electron chi connectivity index (χ1n) is 5.38. The Balaban J connectivity index is 2.32. The van der Waals surface area contributed by atoms with E-state index in [-0.39, 0.29) is 11.8 Å².